The van der Waals surface area contributed by atoms with Crippen LogP contribution in [0, 0.1) is 6.92 Å². The molecule has 0 saturated heterocycles. The van der Waals surface area contributed by atoms with Crippen LogP contribution in [-0.2, 0) is 11.3 Å². The average molecular weight is 268 g/mol. The lowest BCUT2D eigenvalue weighted by Gasteiger charge is -2.08. The van der Waals surface area contributed by atoms with Crippen LogP contribution in [-0.4, -0.2) is 44.8 Å². The highest BCUT2D eigenvalue weighted by molar-refractivity contribution is 5.74. The number of aryl methyl sites for hydroxylation is 1. The summed E-state index contributed by atoms with van der Waals surface area (Å²) in [6.45, 7) is 2.10. The van der Waals surface area contributed by atoms with Crippen LogP contribution in [0.3, 0.4) is 0 Å². The van der Waals surface area contributed by atoms with E-state index in [4.69, 9.17) is 10.2 Å². The first kappa shape index (κ1) is 14.8. The van der Waals surface area contributed by atoms with Gasteiger partial charge in [0.25, 0.3) is 0 Å². The first-order chi connectivity index (χ1) is 8.99. The van der Waals surface area contributed by atoms with Crippen LogP contribution < -0.4 is 10.6 Å². The van der Waals surface area contributed by atoms with E-state index in [1.165, 1.54) is 0 Å². The molecule has 0 aliphatic heterocycles. The number of rotatable bonds is 6. The third kappa shape index (κ3) is 5.77. The summed E-state index contributed by atoms with van der Waals surface area (Å²) in [5, 5.41) is 22.4. The number of carboxylic acids is 1. The van der Waals surface area contributed by atoms with Crippen molar-refractivity contribution in [3.8, 4) is 0 Å². The van der Waals surface area contributed by atoms with Crippen molar-refractivity contribution < 1.29 is 19.8 Å². The van der Waals surface area contributed by atoms with Crippen LogP contribution in [0.5, 0.6) is 0 Å². The molecule has 0 aliphatic rings. The second-order valence-electron chi connectivity index (χ2n) is 3.90. The first-order valence-electron chi connectivity index (χ1n) is 5.69. The zero-order valence-electron chi connectivity index (χ0n) is 10.5. The SMILES string of the molecule is Cc1cnc(CNC(=O)NCC[C@H](O)C(=O)O)cn1. The molecule has 19 heavy (non-hydrogen) atoms. The van der Waals surface area contributed by atoms with Crippen molar-refractivity contribution in [2.75, 3.05) is 6.54 Å². The lowest BCUT2D eigenvalue weighted by molar-refractivity contribution is -0.146. The van der Waals surface area contributed by atoms with Gasteiger partial charge in [0.15, 0.2) is 6.10 Å². The molecule has 0 unspecified atom stereocenters. The maximum Gasteiger partial charge on any atom is 0.332 e. The molecule has 2 amide bonds. The zero-order valence-corrected chi connectivity index (χ0v) is 10.5. The number of hydrogen-bond acceptors (Lipinski definition) is 5. The Morgan fingerprint density at radius 3 is 2.63 bits per heavy atom. The van der Waals surface area contributed by atoms with E-state index in [1.54, 1.807) is 12.4 Å². The molecular formula is C11H16N4O4. The Kier molecular flexibility index (Phi) is 5.68. The van der Waals surface area contributed by atoms with Crippen molar-refractivity contribution in [1.82, 2.24) is 20.6 Å². The third-order valence-electron chi connectivity index (χ3n) is 2.25. The molecule has 8 heteroatoms. The highest BCUT2D eigenvalue weighted by Gasteiger charge is 2.12. The Morgan fingerprint density at radius 2 is 2.05 bits per heavy atom. The van der Waals surface area contributed by atoms with Crippen molar-refractivity contribution in [2.24, 2.45) is 0 Å². The van der Waals surface area contributed by atoms with Gasteiger partial charge in [0.2, 0.25) is 0 Å². The molecule has 0 aliphatic carbocycles. The minimum atomic E-state index is -1.47. The molecule has 1 rings (SSSR count). The van der Waals surface area contributed by atoms with Gasteiger partial charge in [-0.1, -0.05) is 0 Å². The minimum Gasteiger partial charge on any atom is -0.479 e. The second-order valence-corrected chi connectivity index (χ2v) is 3.90. The molecule has 0 aromatic carbocycles. The van der Waals surface area contributed by atoms with Crippen LogP contribution in [0.15, 0.2) is 12.4 Å². The van der Waals surface area contributed by atoms with Crippen molar-refractivity contribution in [1.29, 1.82) is 0 Å². The van der Waals surface area contributed by atoms with Crippen molar-refractivity contribution in [3.05, 3.63) is 23.8 Å². The Morgan fingerprint density at radius 1 is 1.32 bits per heavy atom. The quantitative estimate of drug-likeness (QED) is 0.547. The molecular weight excluding hydrogens is 252 g/mol. The molecule has 4 N–H and O–H groups in total. The monoisotopic (exact) mass is 268 g/mol. The summed E-state index contributed by atoms with van der Waals surface area (Å²) in [6.07, 6.45) is 1.64. The first-order valence-corrected chi connectivity index (χ1v) is 5.69. The topological polar surface area (TPSA) is 124 Å². The summed E-state index contributed by atoms with van der Waals surface area (Å²) in [5.41, 5.74) is 1.40. The largest absolute Gasteiger partial charge is 0.479 e. The number of carbonyl (C=O) groups excluding carboxylic acids is 1. The van der Waals surface area contributed by atoms with E-state index in [2.05, 4.69) is 20.6 Å². The van der Waals surface area contributed by atoms with Crippen LogP contribution in [0.4, 0.5) is 4.79 Å². The predicted octanol–water partition coefficient (Wildman–Crippen LogP) is -0.580. The zero-order chi connectivity index (χ0) is 14.3. The highest BCUT2D eigenvalue weighted by atomic mass is 16.4. The molecule has 0 radical (unpaired) electrons. The minimum absolute atomic E-state index is 0.0485. The fourth-order valence-electron chi connectivity index (χ4n) is 1.19. The Balaban J connectivity index is 2.21. The summed E-state index contributed by atoms with van der Waals surface area (Å²) in [5.74, 6) is -1.31. The number of aromatic nitrogens is 2. The summed E-state index contributed by atoms with van der Waals surface area (Å²) >= 11 is 0. The standard InChI is InChI=1S/C11H16N4O4/c1-7-4-14-8(5-13-7)6-15-11(19)12-3-2-9(16)10(17)18/h4-5,9,16H,2-3,6H2,1H3,(H,17,18)(H2,12,15,19)/t9-/m0/s1. The highest BCUT2D eigenvalue weighted by Crippen LogP contribution is 1.93. The molecule has 1 aromatic rings. The maximum absolute atomic E-state index is 11.3. The molecule has 1 atom stereocenters. The number of nitrogens with one attached hydrogen (secondary N) is 2. The van der Waals surface area contributed by atoms with Gasteiger partial charge in [-0.2, -0.15) is 0 Å². The van der Waals surface area contributed by atoms with E-state index in [-0.39, 0.29) is 19.5 Å². The average Bonchev–Trinajstić information content (AvgIpc) is 2.37. The lowest BCUT2D eigenvalue weighted by atomic mass is 10.2. The van der Waals surface area contributed by atoms with E-state index >= 15 is 0 Å². The van der Waals surface area contributed by atoms with E-state index in [0.29, 0.717) is 5.69 Å². The van der Waals surface area contributed by atoms with E-state index in [1.807, 2.05) is 6.92 Å². The van der Waals surface area contributed by atoms with Crippen molar-refractivity contribution in [2.45, 2.75) is 26.0 Å². The van der Waals surface area contributed by atoms with E-state index in [0.717, 1.165) is 5.69 Å². The van der Waals surface area contributed by atoms with Gasteiger partial charge in [-0.05, 0) is 6.92 Å². The van der Waals surface area contributed by atoms with Gasteiger partial charge in [-0.25, -0.2) is 9.59 Å². The van der Waals surface area contributed by atoms with Crippen LogP contribution in [0.25, 0.3) is 0 Å². The van der Waals surface area contributed by atoms with E-state index < -0.39 is 18.1 Å². The smallest absolute Gasteiger partial charge is 0.332 e. The van der Waals surface area contributed by atoms with Gasteiger partial charge < -0.3 is 20.8 Å². The number of aliphatic hydroxyl groups is 1. The third-order valence-corrected chi connectivity index (χ3v) is 2.25. The molecule has 0 bridgehead atoms. The fourth-order valence-corrected chi connectivity index (χ4v) is 1.19. The number of aliphatic carboxylic acids is 1. The van der Waals surface area contributed by atoms with E-state index in [9.17, 15) is 9.59 Å². The van der Waals surface area contributed by atoms with Crippen LogP contribution in [0.1, 0.15) is 17.8 Å². The molecule has 0 saturated carbocycles. The van der Waals surface area contributed by atoms with Gasteiger partial charge in [-0.15, -0.1) is 0 Å². The van der Waals surface area contributed by atoms with Gasteiger partial charge in [-0.3, -0.25) is 9.97 Å². The number of nitrogens with zero attached hydrogens (tertiary/aromatic N) is 2. The summed E-state index contributed by atoms with van der Waals surface area (Å²) in [7, 11) is 0. The normalized spacial score (nSPS) is 11.7. The van der Waals surface area contributed by atoms with Gasteiger partial charge in [0.1, 0.15) is 0 Å². The van der Waals surface area contributed by atoms with Gasteiger partial charge in [0.05, 0.1) is 24.1 Å². The Hall–Kier alpha value is -2.22. The fraction of sp³-hybridized carbons (Fsp3) is 0.455. The van der Waals surface area contributed by atoms with Gasteiger partial charge in [0, 0.05) is 19.2 Å². The molecule has 8 nitrogen and oxygen atoms in total. The Bertz CT molecular complexity index is 435. The molecule has 1 aromatic heterocycles. The van der Waals surface area contributed by atoms with Crippen LogP contribution >= 0.6 is 0 Å². The number of carbonyl (C=O) groups is 2. The maximum atomic E-state index is 11.3. The second kappa shape index (κ2) is 7.27. The van der Waals surface area contributed by atoms with Crippen LogP contribution in [0.2, 0.25) is 0 Å². The number of amides is 2. The number of urea groups is 1. The predicted molar refractivity (Wildman–Crippen MR) is 65.3 cm³/mol. The molecule has 0 fully saturated rings. The summed E-state index contributed by atoms with van der Waals surface area (Å²) < 4.78 is 0. The molecule has 0 spiro atoms. The molecule has 1 heterocycles. The molecule has 104 valence electrons. The Labute approximate surface area is 109 Å². The summed E-state index contributed by atoms with van der Waals surface area (Å²) in [6, 6.07) is -0.458. The summed E-state index contributed by atoms with van der Waals surface area (Å²) in [4.78, 5) is 29.7. The number of aliphatic hydroxyl groups excluding tert-OH is 1. The van der Waals surface area contributed by atoms with Crippen molar-refractivity contribution in [3.63, 3.8) is 0 Å². The van der Waals surface area contributed by atoms with Crippen molar-refractivity contribution >= 4 is 12.0 Å². The number of hydrogen-bond donors (Lipinski definition) is 4. The van der Waals surface area contributed by atoms with Gasteiger partial charge >= 0.3 is 12.0 Å². The lowest BCUT2D eigenvalue weighted by Crippen LogP contribution is -2.37. The number of carboxylic acid groups (broad SMARTS) is 1.